The molecule has 1 aromatic heterocycles. The number of amides is 1. The molecular formula is C17H19FN2O2S. The largest absolute Gasteiger partial charge is 0.393 e. The second kappa shape index (κ2) is 6.76. The van der Waals surface area contributed by atoms with Crippen LogP contribution < -0.4 is 0 Å². The summed E-state index contributed by atoms with van der Waals surface area (Å²) in [5, 5.41) is 10.1. The number of thiazole rings is 1. The van der Waals surface area contributed by atoms with Gasteiger partial charge in [-0.05, 0) is 38.3 Å². The van der Waals surface area contributed by atoms with E-state index in [4.69, 9.17) is 0 Å². The number of carbonyl (C=O) groups is 1. The van der Waals surface area contributed by atoms with Crippen molar-refractivity contribution in [2.75, 3.05) is 6.54 Å². The Bertz CT molecular complexity index is 701. The minimum absolute atomic E-state index is 0.0708. The van der Waals surface area contributed by atoms with Crippen molar-refractivity contribution in [1.29, 1.82) is 0 Å². The highest BCUT2D eigenvalue weighted by Gasteiger charge is 2.31. The van der Waals surface area contributed by atoms with Crippen molar-refractivity contribution in [2.45, 2.75) is 38.3 Å². The second-order valence-corrected chi connectivity index (χ2v) is 6.92. The highest BCUT2D eigenvalue weighted by Crippen LogP contribution is 2.30. The molecule has 1 aromatic carbocycles. The highest BCUT2D eigenvalue weighted by molar-refractivity contribution is 7.16. The number of likely N-dealkylation sites (tertiary alicyclic amines) is 1. The van der Waals surface area contributed by atoms with Gasteiger partial charge in [0.05, 0.1) is 12.3 Å². The zero-order valence-electron chi connectivity index (χ0n) is 12.9. The minimum atomic E-state index is -0.427. The smallest absolute Gasteiger partial charge is 0.265 e. The summed E-state index contributed by atoms with van der Waals surface area (Å²) in [6, 6.07) is 6.50. The van der Waals surface area contributed by atoms with E-state index in [1.807, 2.05) is 4.90 Å². The van der Waals surface area contributed by atoms with Gasteiger partial charge in [0.15, 0.2) is 0 Å². The summed E-state index contributed by atoms with van der Waals surface area (Å²) in [5.41, 5.74) is 0.415. The molecule has 1 aliphatic heterocycles. The molecule has 3 rings (SSSR count). The average Bonchev–Trinajstić information content (AvgIpc) is 3.16. The van der Waals surface area contributed by atoms with E-state index in [1.165, 1.54) is 23.6 Å². The Morgan fingerprint density at radius 1 is 1.52 bits per heavy atom. The fourth-order valence-electron chi connectivity index (χ4n) is 3.02. The second-order valence-electron chi connectivity index (χ2n) is 5.89. The van der Waals surface area contributed by atoms with Gasteiger partial charge in [0.25, 0.3) is 5.91 Å². The van der Waals surface area contributed by atoms with Crippen molar-refractivity contribution in [3.63, 3.8) is 0 Å². The van der Waals surface area contributed by atoms with Crippen LogP contribution in [-0.2, 0) is 0 Å². The number of halogens is 1. The van der Waals surface area contributed by atoms with E-state index >= 15 is 0 Å². The Balaban J connectivity index is 1.80. The predicted octanol–water partition coefficient (Wildman–Crippen LogP) is 3.32. The number of aliphatic hydroxyl groups excluding tert-OH is 1. The van der Waals surface area contributed by atoms with Gasteiger partial charge in [0, 0.05) is 18.2 Å². The van der Waals surface area contributed by atoms with Crippen molar-refractivity contribution < 1.29 is 14.3 Å². The molecule has 4 nitrogen and oxygen atoms in total. The van der Waals surface area contributed by atoms with Crippen LogP contribution in [0.25, 0.3) is 10.6 Å². The standard InChI is InChI=1S/C17H19FN2O2S/c1-11(21)9-12-5-4-8-20(12)17(22)15-10-19-16(23-15)13-6-2-3-7-14(13)18/h2-3,6-7,10-12,21H,4-5,8-9H2,1H3. The van der Waals surface area contributed by atoms with Crippen molar-refractivity contribution in [1.82, 2.24) is 9.88 Å². The highest BCUT2D eigenvalue weighted by atomic mass is 32.1. The lowest BCUT2D eigenvalue weighted by molar-refractivity contribution is 0.0686. The minimum Gasteiger partial charge on any atom is -0.393 e. The molecule has 1 N–H and O–H groups in total. The number of rotatable bonds is 4. The maximum atomic E-state index is 13.8. The summed E-state index contributed by atoms with van der Waals surface area (Å²) < 4.78 is 13.8. The molecule has 1 saturated heterocycles. The van der Waals surface area contributed by atoms with Gasteiger partial charge in [-0.1, -0.05) is 12.1 Å². The Kier molecular flexibility index (Phi) is 4.73. The van der Waals surface area contributed by atoms with Crippen LogP contribution >= 0.6 is 11.3 Å². The van der Waals surface area contributed by atoms with Crippen LogP contribution in [0, 0.1) is 5.82 Å². The van der Waals surface area contributed by atoms with Gasteiger partial charge < -0.3 is 10.0 Å². The van der Waals surface area contributed by atoms with E-state index in [0.29, 0.717) is 28.4 Å². The fraction of sp³-hybridized carbons (Fsp3) is 0.412. The summed E-state index contributed by atoms with van der Waals surface area (Å²) in [6.07, 6.45) is 3.54. The lowest BCUT2D eigenvalue weighted by atomic mass is 10.1. The van der Waals surface area contributed by atoms with Gasteiger partial charge in [-0.2, -0.15) is 0 Å². The zero-order chi connectivity index (χ0) is 16.4. The molecule has 0 aliphatic carbocycles. The molecule has 1 fully saturated rings. The Hall–Kier alpha value is -1.79. The van der Waals surface area contributed by atoms with Crippen LogP contribution in [-0.4, -0.2) is 39.6 Å². The van der Waals surface area contributed by atoms with Crippen LogP contribution in [0.4, 0.5) is 4.39 Å². The third-order valence-electron chi connectivity index (χ3n) is 4.07. The third-order valence-corrected chi connectivity index (χ3v) is 5.09. The Morgan fingerprint density at radius 3 is 3.04 bits per heavy atom. The van der Waals surface area contributed by atoms with E-state index in [-0.39, 0.29) is 17.8 Å². The molecule has 23 heavy (non-hydrogen) atoms. The van der Waals surface area contributed by atoms with E-state index in [1.54, 1.807) is 25.1 Å². The Labute approximate surface area is 138 Å². The molecular weight excluding hydrogens is 315 g/mol. The van der Waals surface area contributed by atoms with E-state index in [9.17, 15) is 14.3 Å². The molecule has 2 atom stereocenters. The molecule has 0 saturated carbocycles. The number of aliphatic hydroxyl groups is 1. The van der Waals surface area contributed by atoms with Gasteiger partial charge in [-0.15, -0.1) is 11.3 Å². The fourth-order valence-corrected chi connectivity index (χ4v) is 3.91. The normalized spacial score (nSPS) is 19.1. The van der Waals surface area contributed by atoms with Crippen molar-refractivity contribution >= 4 is 17.2 Å². The maximum absolute atomic E-state index is 13.8. The van der Waals surface area contributed by atoms with Crippen molar-refractivity contribution in [3.05, 3.63) is 41.2 Å². The average molecular weight is 334 g/mol. The number of hydrogen-bond acceptors (Lipinski definition) is 4. The summed E-state index contributed by atoms with van der Waals surface area (Å²) in [4.78, 5) is 19.2. The molecule has 122 valence electrons. The molecule has 2 heterocycles. The summed E-state index contributed by atoms with van der Waals surface area (Å²) in [7, 11) is 0. The molecule has 2 aromatic rings. The summed E-state index contributed by atoms with van der Waals surface area (Å²) in [5.74, 6) is -0.415. The lowest BCUT2D eigenvalue weighted by Gasteiger charge is -2.25. The molecule has 2 unspecified atom stereocenters. The monoisotopic (exact) mass is 334 g/mol. The molecule has 1 aliphatic rings. The van der Waals surface area contributed by atoms with E-state index in [2.05, 4.69) is 4.98 Å². The topological polar surface area (TPSA) is 53.4 Å². The van der Waals surface area contributed by atoms with Crippen LogP contribution in [0.1, 0.15) is 35.9 Å². The first kappa shape index (κ1) is 16.1. The van der Waals surface area contributed by atoms with Gasteiger partial charge in [0.1, 0.15) is 15.7 Å². The van der Waals surface area contributed by atoms with E-state index < -0.39 is 6.10 Å². The first-order valence-electron chi connectivity index (χ1n) is 7.76. The predicted molar refractivity (Wildman–Crippen MR) is 87.9 cm³/mol. The zero-order valence-corrected chi connectivity index (χ0v) is 13.7. The molecule has 6 heteroatoms. The molecule has 0 radical (unpaired) electrons. The summed E-state index contributed by atoms with van der Waals surface area (Å²) in [6.45, 7) is 2.44. The van der Waals surface area contributed by atoms with Gasteiger partial charge in [-0.3, -0.25) is 4.79 Å². The summed E-state index contributed by atoms with van der Waals surface area (Å²) >= 11 is 1.21. The van der Waals surface area contributed by atoms with Crippen molar-refractivity contribution in [3.8, 4) is 10.6 Å². The number of hydrogen-bond donors (Lipinski definition) is 1. The number of nitrogens with zero attached hydrogens (tertiary/aromatic N) is 2. The first-order valence-corrected chi connectivity index (χ1v) is 8.57. The maximum Gasteiger partial charge on any atom is 0.265 e. The first-order chi connectivity index (χ1) is 11.1. The number of aromatic nitrogens is 1. The molecule has 0 bridgehead atoms. The quantitative estimate of drug-likeness (QED) is 0.933. The van der Waals surface area contributed by atoms with Crippen molar-refractivity contribution in [2.24, 2.45) is 0 Å². The number of benzene rings is 1. The number of carbonyl (C=O) groups excluding carboxylic acids is 1. The van der Waals surface area contributed by atoms with Gasteiger partial charge in [-0.25, -0.2) is 9.37 Å². The van der Waals surface area contributed by atoms with Gasteiger partial charge in [0.2, 0.25) is 0 Å². The Morgan fingerprint density at radius 2 is 2.30 bits per heavy atom. The third kappa shape index (κ3) is 3.43. The lowest BCUT2D eigenvalue weighted by Crippen LogP contribution is -2.36. The molecule has 0 spiro atoms. The van der Waals surface area contributed by atoms with Crippen LogP contribution in [0.3, 0.4) is 0 Å². The molecule has 1 amide bonds. The van der Waals surface area contributed by atoms with Crippen LogP contribution in [0.15, 0.2) is 30.5 Å². The van der Waals surface area contributed by atoms with Crippen LogP contribution in [0.5, 0.6) is 0 Å². The van der Waals surface area contributed by atoms with Gasteiger partial charge >= 0.3 is 0 Å². The van der Waals surface area contributed by atoms with Crippen LogP contribution in [0.2, 0.25) is 0 Å². The SMILES string of the molecule is CC(O)CC1CCCN1C(=O)c1cnc(-c2ccccc2F)s1. The van der Waals surface area contributed by atoms with E-state index in [0.717, 1.165) is 12.8 Å².